The van der Waals surface area contributed by atoms with Crippen molar-refractivity contribution in [1.82, 2.24) is 19.5 Å². The van der Waals surface area contributed by atoms with E-state index in [4.69, 9.17) is 42.4 Å². The fraction of sp³-hybridized carbons (Fsp3) is 0.310. The van der Waals surface area contributed by atoms with Crippen LogP contribution in [0.5, 0.6) is 0 Å². The van der Waals surface area contributed by atoms with E-state index in [1.807, 2.05) is 0 Å². The number of aromatic nitrogens is 4. The summed E-state index contributed by atoms with van der Waals surface area (Å²) < 4.78 is 65.7. The topological polar surface area (TPSA) is 278 Å². The van der Waals surface area contributed by atoms with E-state index in [-0.39, 0.29) is 33.7 Å². The van der Waals surface area contributed by atoms with Crippen LogP contribution in [-0.2, 0) is 61.4 Å². The fourth-order valence-corrected chi connectivity index (χ4v) is 7.80. The zero-order valence-corrected chi connectivity index (χ0v) is 35.5. The number of nitrogens with one attached hydrogen (secondary N) is 1. The molecule has 0 spiro atoms. The molecule has 9 atom stereocenters. The molecule has 5 aromatic rings. The number of ether oxygens (including phenoxy) is 8. The van der Waals surface area contributed by atoms with Gasteiger partial charge in [-0.2, -0.15) is 0 Å². The molecule has 0 aliphatic carbocycles. The molecule has 23 heteroatoms. The average molecular weight is 918 g/mol. The van der Waals surface area contributed by atoms with E-state index in [0.29, 0.717) is 0 Å². The van der Waals surface area contributed by atoms with E-state index in [0.717, 1.165) is 27.1 Å². The fourth-order valence-electron chi connectivity index (χ4n) is 6.86. The standard InChI is InChI=1S/C42H40N5O17P/c1-23(48)56-19-30-33(58-24(2)49)35(59-25(3)50)42(61-30)64-65(54,55)46-36-31-37(44-21-43-36)47(22-45-31)38-34(63-41(53)28-17-11-6-12-18-28)32(62-40(52)27-15-9-5-10-16-27)29(60-38)20-57-39(51)26-13-7-4-8-14-26/h4-18,21-22,29-30,32-35,38,42H,19-20H2,1-3H3,(H2,43,44,46,54,55)/t29-,30-,32-,33-,34-,35-,38-,42?/m1/s1. The summed E-state index contributed by atoms with van der Waals surface area (Å²) in [5.41, 5.74) is 0.283. The van der Waals surface area contributed by atoms with E-state index in [9.17, 15) is 38.2 Å². The molecule has 0 radical (unpaired) electrons. The van der Waals surface area contributed by atoms with Crippen LogP contribution in [0.3, 0.4) is 0 Å². The highest BCUT2D eigenvalue weighted by atomic mass is 31.2. The van der Waals surface area contributed by atoms with Crippen LogP contribution >= 0.6 is 7.75 Å². The number of benzene rings is 3. The maximum atomic E-state index is 13.8. The molecule has 22 nitrogen and oxygen atoms in total. The van der Waals surface area contributed by atoms with Gasteiger partial charge < -0.3 is 42.8 Å². The highest BCUT2D eigenvalue weighted by Gasteiger charge is 2.54. The summed E-state index contributed by atoms with van der Waals surface area (Å²) in [6.45, 7) is 2.20. The number of anilines is 1. The molecule has 0 saturated carbocycles. The SMILES string of the molecule is CC(=O)OC[C@H]1OC(OP(=O)(O)Nc2ncnc3c2ncn3[C@@H]2O[C@H](COC(=O)c3ccccc3)[C@@H](OC(=O)c3ccccc3)[C@H]2OC(=O)c2ccccc2)[C@H](OC(C)=O)[C@@H]1OC(C)=O. The van der Waals surface area contributed by atoms with Gasteiger partial charge >= 0.3 is 43.6 Å². The molecule has 2 unspecified atom stereocenters. The van der Waals surface area contributed by atoms with Gasteiger partial charge in [0.2, 0.25) is 6.29 Å². The van der Waals surface area contributed by atoms with Crippen LogP contribution in [0.25, 0.3) is 11.2 Å². The minimum atomic E-state index is -5.12. The minimum Gasteiger partial charge on any atom is -0.463 e. The van der Waals surface area contributed by atoms with Crippen LogP contribution in [0.2, 0.25) is 0 Å². The molecule has 0 bridgehead atoms. The predicted octanol–water partition coefficient (Wildman–Crippen LogP) is 3.71. The van der Waals surface area contributed by atoms with Crippen molar-refractivity contribution in [2.45, 2.75) is 69.9 Å². The average Bonchev–Trinajstić information content (AvgIpc) is 3.95. The van der Waals surface area contributed by atoms with Crippen molar-refractivity contribution in [3.05, 3.63) is 120 Å². The first-order valence-electron chi connectivity index (χ1n) is 19.7. The molecule has 340 valence electrons. The molecule has 2 fully saturated rings. The van der Waals surface area contributed by atoms with Crippen LogP contribution in [0.1, 0.15) is 58.1 Å². The summed E-state index contributed by atoms with van der Waals surface area (Å²) >= 11 is 0. The number of rotatable bonds is 16. The van der Waals surface area contributed by atoms with Crippen LogP contribution in [0, 0.1) is 0 Å². The third-order valence-electron chi connectivity index (χ3n) is 9.63. The van der Waals surface area contributed by atoms with Crippen molar-refractivity contribution in [2.24, 2.45) is 0 Å². The number of nitrogens with zero attached hydrogens (tertiary/aromatic N) is 4. The van der Waals surface area contributed by atoms with Crippen molar-refractivity contribution < 1.29 is 80.6 Å². The molecule has 2 N–H and O–H groups in total. The second-order valence-corrected chi connectivity index (χ2v) is 15.8. The Bertz CT molecular complexity index is 2580. The molecule has 4 heterocycles. The first kappa shape index (κ1) is 45.9. The summed E-state index contributed by atoms with van der Waals surface area (Å²) in [6, 6.07) is 24.0. The smallest absolute Gasteiger partial charge is 0.433 e. The Morgan fingerprint density at radius 1 is 0.631 bits per heavy atom. The molecule has 65 heavy (non-hydrogen) atoms. The van der Waals surface area contributed by atoms with E-state index < -0.39 is 106 Å². The Morgan fingerprint density at radius 3 is 1.71 bits per heavy atom. The van der Waals surface area contributed by atoms with E-state index >= 15 is 0 Å². The van der Waals surface area contributed by atoms with Gasteiger partial charge in [-0.3, -0.25) is 28.6 Å². The lowest BCUT2D eigenvalue weighted by Gasteiger charge is -2.25. The third-order valence-corrected chi connectivity index (χ3v) is 10.6. The lowest BCUT2D eigenvalue weighted by Crippen LogP contribution is -2.41. The van der Waals surface area contributed by atoms with Crippen molar-refractivity contribution in [1.29, 1.82) is 0 Å². The second-order valence-electron chi connectivity index (χ2n) is 14.3. The number of esters is 6. The number of hydrogen-bond acceptors (Lipinski definition) is 19. The first-order chi connectivity index (χ1) is 31.2. The van der Waals surface area contributed by atoms with Crippen molar-refractivity contribution in [3.8, 4) is 0 Å². The maximum absolute atomic E-state index is 13.8. The van der Waals surface area contributed by atoms with Crippen molar-refractivity contribution >= 4 is 60.5 Å². The van der Waals surface area contributed by atoms with Gasteiger partial charge in [0.15, 0.2) is 47.6 Å². The highest BCUT2D eigenvalue weighted by molar-refractivity contribution is 7.54. The summed E-state index contributed by atoms with van der Waals surface area (Å²) in [7, 11) is -5.12. The molecule has 2 saturated heterocycles. The normalized spacial score (nSPS) is 23.4. The Morgan fingerprint density at radius 2 is 1.14 bits per heavy atom. The van der Waals surface area contributed by atoms with Crippen molar-refractivity contribution in [3.63, 3.8) is 0 Å². The molecule has 2 aliphatic rings. The molecular weight excluding hydrogens is 877 g/mol. The first-order valence-corrected chi connectivity index (χ1v) is 21.2. The van der Waals surface area contributed by atoms with Crippen LogP contribution < -0.4 is 5.09 Å². The lowest BCUT2D eigenvalue weighted by atomic mass is 10.1. The van der Waals surface area contributed by atoms with Gasteiger partial charge in [0.25, 0.3) is 0 Å². The second kappa shape index (κ2) is 20.2. The van der Waals surface area contributed by atoms with Gasteiger partial charge in [-0.25, -0.2) is 33.9 Å². The Hall–Kier alpha value is -7.10. The monoisotopic (exact) mass is 917 g/mol. The number of fused-ring (bicyclic) bond motifs is 1. The molecule has 0 amide bonds. The van der Waals surface area contributed by atoms with Crippen LogP contribution in [-0.4, -0.2) is 116 Å². The Labute approximate surface area is 368 Å². The number of hydrogen-bond donors (Lipinski definition) is 2. The summed E-state index contributed by atoms with van der Waals surface area (Å²) in [4.78, 5) is 99.9. The third kappa shape index (κ3) is 11.2. The van der Waals surface area contributed by atoms with E-state index in [2.05, 4.69) is 20.0 Å². The summed E-state index contributed by atoms with van der Waals surface area (Å²) in [5.74, 6) is -5.21. The number of carbonyl (C=O) groups is 6. The molecule has 2 aliphatic heterocycles. The zero-order valence-electron chi connectivity index (χ0n) is 34.6. The van der Waals surface area contributed by atoms with Gasteiger partial charge in [0, 0.05) is 20.8 Å². The van der Waals surface area contributed by atoms with Crippen molar-refractivity contribution in [2.75, 3.05) is 18.3 Å². The predicted molar refractivity (Wildman–Crippen MR) is 218 cm³/mol. The summed E-state index contributed by atoms with van der Waals surface area (Å²) in [6.07, 6.45) is -9.60. The summed E-state index contributed by atoms with van der Waals surface area (Å²) in [5, 5.41) is 2.26. The highest BCUT2D eigenvalue weighted by Crippen LogP contribution is 2.47. The molecular formula is C42H40N5O17P. The quantitative estimate of drug-likeness (QED) is 0.0810. The number of carbonyl (C=O) groups excluding carboxylic acids is 6. The van der Waals surface area contributed by atoms with Crippen LogP contribution in [0.4, 0.5) is 5.82 Å². The molecule has 2 aromatic heterocycles. The zero-order chi connectivity index (χ0) is 46.3. The minimum absolute atomic E-state index is 0.0744. The molecule has 7 rings (SSSR count). The van der Waals surface area contributed by atoms with Crippen LogP contribution in [0.15, 0.2) is 104 Å². The van der Waals surface area contributed by atoms with Gasteiger partial charge in [0.1, 0.15) is 31.7 Å². The largest absolute Gasteiger partial charge is 0.463 e. The number of imidazole rings is 1. The van der Waals surface area contributed by atoms with Gasteiger partial charge in [-0.1, -0.05) is 54.6 Å². The van der Waals surface area contributed by atoms with E-state index in [1.165, 1.54) is 35.2 Å². The van der Waals surface area contributed by atoms with Gasteiger partial charge in [-0.05, 0) is 36.4 Å². The maximum Gasteiger partial charge on any atom is 0.433 e. The Balaban J connectivity index is 1.20. The lowest BCUT2D eigenvalue weighted by molar-refractivity contribution is -0.171. The molecule has 3 aromatic carbocycles. The van der Waals surface area contributed by atoms with Gasteiger partial charge in [0.05, 0.1) is 23.0 Å². The van der Waals surface area contributed by atoms with Gasteiger partial charge in [-0.15, -0.1) is 0 Å². The van der Waals surface area contributed by atoms with E-state index in [1.54, 1.807) is 66.7 Å². The Kier molecular flexibility index (Phi) is 14.2.